The smallest absolute Gasteiger partial charge is 0.171 e. The van der Waals surface area contributed by atoms with Crippen LogP contribution in [0.15, 0.2) is 42.6 Å². The molecule has 0 bridgehead atoms. The van der Waals surface area contributed by atoms with Gasteiger partial charge < -0.3 is 0 Å². The molecule has 4 heteroatoms. The summed E-state index contributed by atoms with van der Waals surface area (Å²) in [6, 6.07) is 9.29. The number of hydrogen-bond acceptors (Lipinski definition) is 3. The first-order chi connectivity index (χ1) is 7.77. The third-order valence-electron chi connectivity index (χ3n) is 2.14. The van der Waals surface area contributed by atoms with Crippen LogP contribution in [0.3, 0.4) is 0 Å². The van der Waals surface area contributed by atoms with Crippen LogP contribution >= 0.6 is 0 Å². The van der Waals surface area contributed by atoms with Gasteiger partial charge in [-0.3, -0.25) is 4.79 Å². The number of ketones is 1. The second kappa shape index (κ2) is 4.61. The lowest BCUT2D eigenvalue weighted by atomic mass is 10.1. The van der Waals surface area contributed by atoms with Crippen molar-refractivity contribution < 1.29 is 9.18 Å². The van der Waals surface area contributed by atoms with E-state index in [1.165, 1.54) is 18.3 Å². The van der Waals surface area contributed by atoms with Gasteiger partial charge in [-0.15, -0.1) is 0 Å². The zero-order chi connectivity index (χ0) is 11.4. The number of Topliss-reactive ketones (excluding diaryl/α,β-unsaturated/α-hetero) is 1. The number of carbonyl (C=O) groups excluding carboxylic acids is 1. The van der Waals surface area contributed by atoms with Gasteiger partial charge in [-0.2, -0.15) is 10.2 Å². The number of benzene rings is 1. The van der Waals surface area contributed by atoms with Crippen molar-refractivity contribution in [2.24, 2.45) is 0 Å². The molecule has 3 nitrogen and oxygen atoms in total. The number of rotatable bonds is 3. The molecule has 0 N–H and O–H groups in total. The van der Waals surface area contributed by atoms with Gasteiger partial charge in [0.1, 0.15) is 5.82 Å². The highest BCUT2D eigenvalue weighted by molar-refractivity contribution is 5.97. The van der Waals surface area contributed by atoms with Gasteiger partial charge in [0.05, 0.1) is 17.7 Å². The molecule has 2 aromatic rings. The van der Waals surface area contributed by atoms with Gasteiger partial charge in [0.25, 0.3) is 0 Å². The fourth-order valence-electron chi connectivity index (χ4n) is 1.37. The Labute approximate surface area is 92.0 Å². The van der Waals surface area contributed by atoms with E-state index in [0.717, 1.165) is 0 Å². The van der Waals surface area contributed by atoms with Gasteiger partial charge in [0, 0.05) is 6.20 Å². The summed E-state index contributed by atoms with van der Waals surface area (Å²) in [4.78, 5) is 11.7. The molecule has 0 spiro atoms. The number of carbonyl (C=O) groups is 1. The molecule has 0 fully saturated rings. The van der Waals surface area contributed by atoms with E-state index in [0.29, 0.717) is 5.69 Å². The largest absolute Gasteiger partial charge is 0.294 e. The molecule has 0 amide bonds. The minimum Gasteiger partial charge on any atom is -0.294 e. The van der Waals surface area contributed by atoms with Crippen molar-refractivity contribution in [1.82, 2.24) is 10.2 Å². The first-order valence-corrected chi connectivity index (χ1v) is 4.81. The van der Waals surface area contributed by atoms with Crippen LogP contribution in [0.25, 0.3) is 0 Å². The molecule has 80 valence electrons. The maximum Gasteiger partial charge on any atom is 0.171 e. The Balaban J connectivity index is 2.19. The van der Waals surface area contributed by atoms with Crippen molar-refractivity contribution in [2.75, 3.05) is 0 Å². The molecule has 0 aliphatic carbocycles. The summed E-state index contributed by atoms with van der Waals surface area (Å²) < 4.78 is 13.3. The molecule has 0 saturated carbocycles. The van der Waals surface area contributed by atoms with Crippen LogP contribution in [0.5, 0.6) is 0 Å². The Kier molecular flexibility index (Phi) is 3.00. The molecular formula is C12H9FN2O. The Morgan fingerprint density at radius 1 is 1.19 bits per heavy atom. The highest BCUT2D eigenvalue weighted by Crippen LogP contribution is 2.09. The van der Waals surface area contributed by atoms with Gasteiger partial charge in [-0.1, -0.05) is 12.1 Å². The van der Waals surface area contributed by atoms with Crippen molar-refractivity contribution in [2.45, 2.75) is 6.42 Å². The van der Waals surface area contributed by atoms with Crippen molar-refractivity contribution in [3.8, 4) is 0 Å². The first kappa shape index (κ1) is 10.4. The molecule has 1 aromatic carbocycles. The van der Waals surface area contributed by atoms with Gasteiger partial charge in [0.2, 0.25) is 0 Å². The fourth-order valence-corrected chi connectivity index (χ4v) is 1.37. The first-order valence-electron chi connectivity index (χ1n) is 4.81. The fraction of sp³-hybridized carbons (Fsp3) is 0.0833. The van der Waals surface area contributed by atoms with E-state index in [9.17, 15) is 9.18 Å². The van der Waals surface area contributed by atoms with Crippen LogP contribution < -0.4 is 0 Å². The van der Waals surface area contributed by atoms with Crippen molar-refractivity contribution >= 4 is 5.78 Å². The molecule has 0 aliphatic rings. The van der Waals surface area contributed by atoms with Crippen LogP contribution in [0.2, 0.25) is 0 Å². The van der Waals surface area contributed by atoms with Crippen LogP contribution in [-0.4, -0.2) is 16.0 Å². The highest BCUT2D eigenvalue weighted by Gasteiger charge is 2.11. The lowest BCUT2D eigenvalue weighted by molar-refractivity contribution is 0.0988. The zero-order valence-electron chi connectivity index (χ0n) is 8.43. The molecule has 2 rings (SSSR count). The minimum absolute atomic E-state index is 0.0643. The predicted molar refractivity (Wildman–Crippen MR) is 56.5 cm³/mol. The third-order valence-corrected chi connectivity index (χ3v) is 2.14. The van der Waals surface area contributed by atoms with Crippen molar-refractivity contribution in [1.29, 1.82) is 0 Å². The summed E-state index contributed by atoms with van der Waals surface area (Å²) in [6.07, 6.45) is 1.59. The number of hydrogen-bond donors (Lipinski definition) is 0. The SMILES string of the molecule is O=C(Cc1cccnn1)c1ccccc1F. The number of halogens is 1. The molecule has 0 radical (unpaired) electrons. The second-order valence-electron chi connectivity index (χ2n) is 3.29. The number of nitrogens with zero attached hydrogens (tertiary/aromatic N) is 2. The summed E-state index contributed by atoms with van der Waals surface area (Å²) in [7, 11) is 0. The van der Waals surface area contributed by atoms with Crippen LogP contribution in [0.1, 0.15) is 16.1 Å². The Bertz CT molecular complexity index is 499. The topological polar surface area (TPSA) is 42.9 Å². The Morgan fingerprint density at radius 2 is 2.00 bits per heavy atom. The van der Waals surface area contributed by atoms with E-state index in [-0.39, 0.29) is 17.8 Å². The van der Waals surface area contributed by atoms with Gasteiger partial charge in [-0.05, 0) is 24.3 Å². The summed E-state index contributed by atoms with van der Waals surface area (Å²) in [5.74, 6) is -0.796. The molecular weight excluding hydrogens is 207 g/mol. The summed E-state index contributed by atoms with van der Waals surface area (Å²) >= 11 is 0. The second-order valence-corrected chi connectivity index (χ2v) is 3.29. The molecule has 0 saturated heterocycles. The molecule has 16 heavy (non-hydrogen) atoms. The third kappa shape index (κ3) is 2.28. The van der Waals surface area contributed by atoms with E-state index >= 15 is 0 Å². The molecule has 0 unspecified atom stereocenters. The molecule has 1 aromatic heterocycles. The monoisotopic (exact) mass is 216 g/mol. The minimum atomic E-state index is -0.503. The average Bonchev–Trinajstić information content (AvgIpc) is 2.31. The maximum atomic E-state index is 13.3. The predicted octanol–water partition coefficient (Wildman–Crippen LogP) is 2.04. The standard InChI is InChI=1S/C12H9FN2O/c13-11-6-2-1-5-10(11)12(16)8-9-4-3-7-14-15-9/h1-7H,8H2. The van der Waals surface area contributed by atoms with Crippen molar-refractivity contribution in [3.05, 3.63) is 59.7 Å². The van der Waals surface area contributed by atoms with E-state index in [1.54, 1.807) is 24.3 Å². The normalized spacial score (nSPS) is 10.1. The Hall–Kier alpha value is -2.10. The van der Waals surface area contributed by atoms with Gasteiger partial charge in [-0.25, -0.2) is 4.39 Å². The van der Waals surface area contributed by atoms with Crippen LogP contribution in [0, 0.1) is 5.82 Å². The van der Waals surface area contributed by atoms with Crippen LogP contribution in [-0.2, 0) is 6.42 Å². The zero-order valence-corrected chi connectivity index (χ0v) is 8.43. The van der Waals surface area contributed by atoms with Crippen molar-refractivity contribution in [3.63, 3.8) is 0 Å². The summed E-state index contributed by atoms with van der Waals surface area (Å²) in [5, 5.41) is 7.44. The van der Waals surface area contributed by atoms with E-state index < -0.39 is 5.82 Å². The van der Waals surface area contributed by atoms with E-state index in [4.69, 9.17) is 0 Å². The lowest BCUT2D eigenvalue weighted by Gasteiger charge is -2.01. The quantitative estimate of drug-likeness (QED) is 0.737. The maximum absolute atomic E-state index is 13.3. The van der Waals surface area contributed by atoms with E-state index in [2.05, 4.69) is 10.2 Å². The average molecular weight is 216 g/mol. The van der Waals surface area contributed by atoms with E-state index in [1.807, 2.05) is 0 Å². The summed E-state index contributed by atoms with van der Waals surface area (Å²) in [6.45, 7) is 0. The Morgan fingerprint density at radius 3 is 2.69 bits per heavy atom. The van der Waals surface area contributed by atoms with Gasteiger partial charge in [0.15, 0.2) is 5.78 Å². The summed E-state index contributed by atoms with van der Waals surface area (Å²) in [5.41, 5.74) is 0.629. The molecule has 0 atom stereocenters. The van der Waals surface area contributed by atoms with Gasteiger partial charge >= 0.3 is 0 Å². The highest BCUT2D eigenvalue weighted by atomic mass is 19.1. The molecule has 0 aliphatic heterocycles. The lowest BCUT2D eigenvalue weighted by Crippen LogP contribution is -2.07. The van der Waals surface area contributed by atoms with Crippen LogP contribution in [0.4, 0.5) is 4.39 Å². The number of aromatic nitrogens is 2. The molecule has 1 heterocycles.